The Labute approximate surface area is 88.0 Å². The van der Waals surface area contributed by atoms with Crippen LogP contribution in [0, 0.1) is 23.7 Å². The van der Waals surface area contributed by atoms with Gasteiger partial charge in [-0.3, -0.25) is 0 Å². The fourth-order valence-electron chi connectivity index (χ4n) is 3.23. The average molecular weight is 218 g/mol. The number of halogens is 2. The zero-order valence-electron chi connectivity index (χ0n) is 8.79. The largest absolute Gasteiger partial charge is 0.461 e. The van der Waals surface area contributed by atoms with Crippen LogP contribution in [-0.4, -0.2) is 19.0 Å². The summed E-state index contributed by atoms with van der Waals surface area (Å²) in [5.74, 6) is 0.784. The van der Waals surface area contributed by atoms with E-state index in [1.165, 1.54) is 19.3 Å². The summed E-state index contributed by atoms with van der Waals surface area (Å²) >= 11 is 0. The van der Waals surface area contributed by atoms with Crippen LogP contribution in [0.4, 0.5) is 8.78 Å². The van der Waals surface area contributed by atoms with E-state index >= 15 is 0 Å². The molecule has 2 fully saturated rings. The Morgan fingerprint density at radius 1 is 1.40 bits per heavy atom. The van der Waals surface area contributed by atoms with Crippen molar-refractivity contribution in [2.75, 3.05) is 6.61 Å². The molecule has 4 unspecified atom stereocenters. The molecule has 0 spiro atoms. The topological polar surface area (TPSA) is 26.3 Å². The maximum Gasteiger partial charge on any atom is 0.373 e. The molecule has 4 heteroatoms. The summed E-state index contributed by atoms with van der Waals surface area (Å²) < 4.78 is 28.4. The Morgan fingerprint density at radius 3 is 2.60 bits per heavy atom. The molecular formula is C11H16F2O2. The minimum atomic E-state index is -2.99. The Kier molecular flexibility index (Phi) is 2.94. The van der Waals surface area contributed by atoms with Crippen LogP contribution in [0.1, 0.15) is 26.2 Å². The number of alkyl halides is 2. The number of esters is 1. The van der Waals surface area contributed by atoms with Crippen molar-refractivity contribution in [3.63, 3.8) is 0 Å². The lowest BCUT2D eigenvalue weighted by Crippen LogP contribution is -2.27. The van der Waals surface area contributed by atoms with Crippen molar-refractivity contribution in [3.05, 3.63) is 0 Å². The highest BCUT2D eigenvalue weighted by atomic mass is 19.3. The summed E-state index contributed by atoms with van der Waals surface area (Å²) in [4.78, 5) is 10.6. The molecule has 0 heterocycles. The van der Waals surface area contributed by atoms with Crippen molar-refractivity contribution in [2.45, 2.75) is 32.6 Å². The second-order valence-corrected chi connectivity index (χ2v) is 4.79. The molecule has 0 aromatic heterocycles. The Bertz CT molecular complexity index is 253. The Hall–Kier alpha value is -0.670. The fraction of sp³-hybridized carbons (Fsp3) is 0.909. The lowest BCUT2D eigenvalue weighted by Gasteiger charge is -2.27. The molecule has 86 valence electrons. The van der Waals surface area contributed by atoms with Gasteiger partial charge in [-0.05, 0) is 42.9 Å². The van der Waals surface area contributed by atoms with Gasteiger partial charge < -0.3 is 4.74 Å². The van der Waals surface area contributed by atoms with Gasteiger partial charge in [-0.2, -0.15) is 8.78 Å². The molecule has 2 rings (SSSR count). The van der Waals surface area contributed by atoms with E-state index < -0.39 is 12.4 Å². The number of hydrogen-bond acceptors (Lipinski definition) is 2. The van der Waals surface area contributed by atoms with Crippen molar-refractivity contribution < 1.29 is 18.3 Å². The van der Waals surface area contributed by atoms with Gasteiger partial charge in [-0.1, -0.05) is 6.92 Å². The first kappa shape index (κ1) is 10.8. The van der Waals surface area contributed by atoms with Crippen molar-refractivity contribution in [1.82, 2.24) is 0 Å². The van der Waals surface area contributed by atoms with E-state index in [4.69, 9.17) is 0 Å². The minimum Gasteiger partial charge on any atom is -0.461 e. The van der Waals surface area contributed by atoms with Gasteiger partial charge in [-0.25, -0.2) is 4.79 Å². The third-order valence-corrected chi connectivity index (χ3v) is 4.13. The summed E-state index contributed by atoms with van der Waals surface area (Å²) in [5, 5.41) is 0. The van der Waals surface area contributed by atoms with Gasteiger partial charge in [0.25, 0.3) is 0 Å². The number of carbonyl (C=O) groups excluding carboxylic acids is 1. The van der Waals surface area contributed by atoms with Crippen LogP contribution in [0.25, 0.3) is 0 Å². The van der Waals surface area contributed by atoms with Crippen LogP contribution < -0.4 is 0 Å². The molecule has 0 saturated heterocycles. The summed E-state index contributed by atoms with van der Waals surface area (Å²) in [5.41, 5.74) is 0. The maximum absolute atomic E-state index is 11.9. The highest BCUT2D eigenvalue weighted by molar-refractivity contribution is 5.72. The molecule has 0 aromatic carbocycles. The number of fused-ring (bicyclic) bond motifs is 2. The van der Waals surface area contributed by atoms with Gasteiger partial charge in [0.15, 0.2) is 0 Å². The second-order valence-electron chi connectivity index (χ2n) is 4.79. The molecule has 4 atom stereocenters. The second kappa shape index (κ2) is 4.06. The zero-order valence-corrected chi connectivity index (χ0v) is 8.79. The van der Waals surface area contributed by atoms with Crippen LogP contribution in [-0.2, 0) is 9.53 Å². The van der Waals surface area contributed by atoms with E-state index in [2.05, 4.69) is 11.7 Å². The minimum absolute atomic E-state index is 0.186. The number of carbonyl (C=O) groups is 1. The number of rotatable bonds is 3. The molecule has 0 radical (unpaired) electrons. The smallest absolute Gasteiger partial charge is 0.373 e. The molecule has 2 saturated carbocycles. The van der Waals surface area contributed by atoms with Crippen LogP contribution in [0.5, 0.6) is 0 Å². The zero-order chi connectivity index (χ0) is 11.0. The summed E-state index contributed by atoms with van der Waals surface area (Å²) in [6, 6.07) is 0. The first-order valence-electron chi connectivity index (χ1n) is 5.54. The first-order valence-corrected chi connectivity index (χ1v) is 5.54. The van der Waals surface area contributed by atoms with Crippen molar-refractivity contribution in [2.24, 2.45) is 23.7 Å². The van der Waals surface area contributed by atoms with E-state index in [1.807, 2.05) is 0 Å². The lowest BCUT2D eigenvalue weighted by atomic mass is 9.81. The van der Waals surface area contributed by atoms with Gasteiger partial charge in [0.2, 0.25) is 0 Å². The van der Waals surface area contributed by atoms with Crippen molar-refractivity contribution >= 4 is 5.97 Å². The maximum atomic E-state index is 11.9. The summed E-state index contributed by atoms with van der Waals surface area (Å²) in [6.45, 7) is 2.33. The van der Waals surface area contributed by atoms with Crippen LogP contribution >= 0.6 is 0 Å². The molecule has 0 amide bonds. The normalized spacial score (nSPS) is 38.7. The summed E-state index contributed by atoms with van der Waals surface area (Å²) in [6.07, 6.45) is 0.633. The third kappa shape index (κ3) is 1.99. The Morgan fingerprint density at radius 2 is 2.07 bits per heavy atom. The molecular weight excluding hydrogens is 202 g/mol. The van der Waals surface area contributed by atoms with Crippen LogP contribution in [0.3, 0.4) is 0 Å². The van der Waals surface area contributed by atoms with Crippen molar-refractivity contribution in [3.8, 4) is 0 Å². The monoisotopic (exact) mass is 218 g/mol. The number of ether oxygens (including phenoxy) is 1. The molecule has 2 bridgehead atoms. The van der Waals surface area contributed by atoms with E-state index in [0.717, 1.165) is 5.92 Å². The number of hydrogen-bond donors (Lipinski definition) is 0. The highest BCUT2D eigenvalue weighted by Crippen LogP contribution is 2.52. The van der Waals surface area contributed by atoms with Gasteiger partial charge in [0, 0.05) is 0 Å². The van der Waals surface area contributed by atoms with Gasteiger partial charge >= 0.3 is 12.4 Å². The van der Waals surface area contributed by atoms with Crippen molar-refractivity contribution in [1.29, 1.82) is 0 Å². The highest BCUT2D eigenvalue weighted by Gasteiger charge is 2.45. The van der Waals surface area contributed by atoms with Gasteiger partial charge in [0.05, 0.1) is 6.61 Å². The predicted molar refractivity (Wildman–Crippen MR) is 50.4 cm³/mol. The molecule has 2 aliphatic carbocycles. The van der Waals surface area contributed by atoms with E-state index in [0.29, 0.717) is 17.8 Å². The first-order chi connectivity index (χ1) is 7.09. The standard InChI is InChI=1S/C11H16F2O2/c1-6-7-2-3-8(4-7)9(6)5-15-11(14)10(12)13/h6-10H,2-5H2,1H3. The quantitative estimate of drug-likeness (QED) is 0.680. The molecule has 2 nitrogen and oxygen atoms in total. The van der Waals surface area contributed by atoms with E-state index in [9.17, 15) is 13.6 Å². The van der Waals surface area contributed by atoms with E-state index in [-0.39, 0.29) is 6.61 Å². The lowest BCUT2D eigenvalue weighted by molar-refractivity contribution is -0.158. The molecule has 0 N–H and O–H groups in total. The van der Waals surface area contributed by atoms with E-state index in [1.54, 1.807) is 0 Å². The SMILES string of the molecule is CC1C2CCC(C2)C1COC(=O)C(F)F. The molecule has 0 aliphatic heterocycles. The van der Waals surface area contributed by atoms with Gasteiger partial charge in [-0.15, -0.1) is 0 Å². The molecule has 0 aromatic rings. The molecule has 2 aliphatic rings. The molecule has 15 heavy (non-hydrogen) atoms. The van der Waals surface area contributed by atoms with Gasteiger partial charge in [0.1, 0.15) is 0 Å². The Balaban J connectivity index is 1.83. The van der Waals surface area contributed by atoms with Crippen LogP contribution in [0.2, 0.25) is 0 Å². The predicted octanol–water partition coefficient (Wildman–Crippen LogP) is 2.48. The average Bonchev–Trinajstić information content (AvgIpc) is 2.75. The van der Waals surface area contributed by atoms with Crippen LogP contribution in [0.15, 0.2) is 0 Å². The third-order valence-electron chi connectivity index (χ3n) is 4.13. The summed E-state index contributed by atoms with van der Waals surface area (Å²) in [7, 11) is 0. The fourth-order valence-corrected chi connectivity index (χ4v) is 3.23.